The summed E-state index contributed by atoms with van der Waals surface area (Å²) in [7, 11) is 0. The van der Waals surface area contributed by atoms with E-state index in [2.05, 4.69) is 15.5 Å². The van der Waals surface area contributed by atoms with E-state index < -0.39 is 16.9 Å². The molecule has 2 saturated heterocycles. The largest absolute Gasteiger partial charge is 0.325 e. The van der Waals surface area contributed by atoms with Gasteiger partial charge in [0.25, 0.3) is 0 Å². The second-order valence-electron chi connectivity index (χ2n) is 10.4. The number of nitrogens with one attached hydrogen (secondary N) is 2. The summed E-state index contributed by atoms with van der Waals surface area (Å²) in [6.07, 6.45) is 1.51. The fourth-order valence-electron chi connectivity index (χ4n) is 7.56. The molecule has 4 aliphatic heterocycles. The highest BCUT2D eigenvalue weighted by molar-refractivity contribution is 6.37. The minimum atomic E-state index is -1.36. The van der Waals surface area contributed by atoms with E-state index in [4.69, 9.17) is 23.2 Å². The maximum Gasteiger partial charge on any atom is 0.250 e. The fourth-order valence-corrected chi connectivity index (χ4v) is 8.07. The van der Waals surface area contributed by atoms with Crippen molar-refractivity contribution in [3.8, 4) is 0 Å². The summed E-state index contributed by atoms with van der Waals surface area (Å²) < 4.78 is 0. The molecular formula is C29H23Cl2N3O3. The van der Waals surface area contributed by atoms with Crippen LogP contribution in [0.25, 0.3) is 0 Å². The molecule has 2 amide bonds. The Balaban J connectivity index is 1.60. The second-order valence-corrected chi connectivity index (χ2v) is 11.2. The lowest BCUT2D eigenvalue weighted by Gasteiger charge is -2.38. The highest BCUT2D eigenvalue weighted by Gasteiger charge is 2.78. The molecule has 3 aromatic carbocycles. The maximum atomic E-state index is 14.8. The van der Waals surface area contributed by atoms with Gasteiger partial charge in [-0.1, -0.05) is 59.6 Å². The van der Waals surface area contributed by atoms with Gasteiger partial charge in [0.05, 0.1) is 10.9 Å². The number of carbonyl (C=O) groups excluding carboxylic acids is 3. The Hall–Kier alpha value is -3.19. The van der Waals surface area contributed by atoms with Gasteiger partial charge in [0, 0.05) is 33.6 Å². The summed E-state index contributed by atoms with van der Waals surface area (Å²) in [6, 6.07) is 17.7. The predicted molar refractivity (Wildman–Crippen MR) is 142 cm³/mol. The molecule has 186 valence electrons. The van der Waals surface area contributed by atoms with Gasteiger partial charge in [0.1, 0.15) is 11.0 Å². The van der Waals surface area contributed by atoms with E-state index in [1.807, 2.05) is 49.4 Å². The Morgan fingerprint density at radius 3 is 2.57 bits per heavy atom. The number of hydrogen-bond donors (Lipinski definition) is 2. The zero-order valence-corrected chi connectivity index (χ0v) is 21.5. The predicted octanol–water partition coefficient (Wildman–Crippen LogP) is 5.32. The molecule has 0 aromatic heterocycles. The summed E-state index contributed by atoms with van der Waals surface area (Å²) >= 11 is 12.8. The summed E-state index contributed by atoms with van der Waals surface area (Å²) in [5, 5.41) is 6.76. The highest BCUT2D eigenvalue weighted by atomic mass is 35.5. The zero-order valence-electron chi connectivity index (χ0n) is 20.0. The number of Topliss-reactive ketones (excluding diaryl/α,β-unsaturated/α-hetero) is 1. The number of fused-ring (bicyclic) bond motifs is 7. The normalized spacial score (nSPS) is 29.4. The third-order valence-corrected chi connectivity index (χ3v) is 9.38. The molecule has 0 aliphatic carbocycles. The van der Waals surface area contributed by atoms with Crippen LogP contribution < -0.4 is 10.6 Å². The molecule has 0 bridgehead atoms. The van der Waals surface area contributed by atoms with Crippen molar-refractivity contribution in [1.29, 1.82) is 0 Å². The van der Waals surface area contributed by atoms with Crippen LogP contribution in [0.15, 0.2) is 60.7 Å². The molecule has 0 unspecified atom stereocenters. The van der Waals surface area contributed by atoms with Crippen LogP contribution in [0, 0.1) is 12.8 Å². The van der Waals surface area contributed by atoms with Crippen molar-refractivity contribution in [2.75, 3.05) is 17.2 Å². The van der Waals surface area contributed by atoms with E-state index in [9.17, 15) is 14.4 Å². The summed E-state index contributed by atoms with van der Waals surface area (Å²) in [5.41, 5.74) is 1.41. The molecule has 7 rings (SSSR count). The average molecular weight is 532 g/mol. The number of anilines is 2. The molecular weight excluding hydrogens is 509 g/mol. The van der Waals surface area contributed by atoms with Gasteiger partial charge in [-0.25, -0.2) is 0 Å². The van der Waals surface area contributed by atoms with E-state index in [1.165, 1.54) is 6.07 Å². The second kappa shape index (κ2) is 7.67. The van der Waals surface area contributed by atoms with Crippen LogP contribution in [0.2, 0.25) is 10.0 Å². The average Bonchev–Trinajstić information content (AvgIpc) is 3.59. The first-order valence-corrected chi connectivity index (χ1v) is 13.2. The Labute approximate surface area is 223 Å². The van der Waals surface area contributed by atoms with Gasteiger partial charge >= 0.3 is 0 Å². The van der Waals surface area contributed by atoms with Crippen molar-refractivity contribution in [1.82, 2.24) is 4.90 Å². The van der Waals surface area contributed by atoms with Gasteiger partial charge < -0.3 is 10.6 Å². The number of amides is 2. The SMILES string of the molecule is Cc1cccc2c1NC(=O)[C@@]21[C@H](C(=O)c2ccc(Cl)cc2Cl)[C@@]2(C(=O)Nc3ccccc32)[C@H]2CCCN21. The van der Waals surface area contributed by atoms with Crippen LogP contribution in [0.1, 0.15) is 39.9 Å². The summed E-state index contributed by atoms with van der Waals surface area (Å²) in [5.74, 6) is -1.91. The first-order valence-electron chi connectivity index (χ1n) is 12.4. The Morgan fingerprint density at radius 2 is 1.76 bits per heavy atom. The lowest BCUT2D eigenvalue weighted by Crippen LogP contribution is -2.55. The van der Waals surface area contributed by atoms with E-state index in [0.29, 0.717) is 29.4 Å². The van der Waals surface area contributed by atoms with Crippen LogP contribution in [0.3, 0.4) is 0 Å². The van der Waals surface area contributed by atoms with E-state index >= 15 is 0 Å². The Kier molecular flexibility index (Phi) is 4.76. The molecule has 8 heteroatoms. The van der Waals surface area contributed by atoms with Crippen LogP contribution in [0.5, 0.6) is 0 Å². The van der Waals surface area contributed by atoms with Gasteiger partial charge in [-0.05, 0) is 61.7 Å². The molecule has 2 spiro atoms. The molecule has 4 atom stereocenters. The summed E-state index contributed by atoms with van der Waals surface area (Å²) in [4.78, 5) is 45.5. The van der Waals surface area contributed by atoms with E-state index in [-0.39, 0.29) is 34.2 Å². The number of halogens is 2. The highest BCUT2D eigenvalue weighted by Crippen LogP contribution is 2.66. The van der Waals surface area contributed by atoms with Crippen molar-refractivity contribution in [3.63, 3.8) is 0 Å². The number of carbonyl (C=O) groups is 3. The first kappa shape index (κ1) is 23.0. The van der Waals surface area contributed by atoms with Crippen molar-refractivity contribution >= 4 is 52.2 Å². The number of benzene rings is 3. The van der Waals surface area contributed by atoms with Crippen molar-refractivity contribution in [3.05, 3.63) is 93.0 Å². The van der Waals surface area contributed by atoms with Gasteiger partial charge in [0.2, 0.25) is 11.8 Å². The quantitative estimate of drug-likeness (QED) is 0.439. The van der Waals surface area contributed by atoms with Crippen molar-refractivity contribution < 1.29 is 14.4 Å². The third-order valence-electron chi connectivity index (χ3n) is 8.83. The first-order chi connectivity index (χ1) is 17.8. The number of aryl methyl sites for hydroxylation is 1. The van der Waals surface area contributed by atoms with Crippen molar-refractivity contribution in [2.24, 2.45) is 5.92 Å². The lowest BCUT2D eigenvalue weighted by atomic mass is 9.60. The standard InChI is InChI=1S/C29H23Cl2N3O3/c1-15-6-4-8-19-23(15)33-27(37)29(19)25(24(35)17-12-11-16(30)14-20(17)31)28(22-10-5-13-34(22)29)18-7-2-3-9-21(18)32-26(28)36/h2-4,6-9,11-12,14,22,25H,5,10,13H2,1H3,(H,32,36)(H,33,37)/t22-,25-,28+,29+/m1/s1. The zero-order chi connectivity index (χ0) is 25.7. The molecule has 6 nitrogen and oxygen atoms in total. The smallest absolute Gasteiger partial charge is 0.250 e. The molecule has 0 radical (unpaired) electrons. The van der Waals surface area contributed by atoms with Crippen LogP contribution in [-0.2, 0) is 20.5 Å². The van der Waals surface area contributed by atoms with E-state index in [1.54, 1.807) is 12.1 Å². The Bertz CT molecular complexity index is 1560. The van der Waals surface area contributed by atoms with Crippen molar-refractivity contribution in [2.45, 2.75) is 36.8 Å². The van der Waals surface area contributed by atoms with Gasteiger partial charge in [-0.2, -0.15) is 0 Å². The maximum absolute atomic E-state index is 14.8. The molecule has 2 N–H and O–H groups in total. The van der Waals surface area contributed by atoms with Crippen LogP contribution >= 0.6 is 23.2 Å². The molecule has 37 heavy (non-hydrogen) atoms. The molecule has 3 aromatic rings. The fraction of sp³-hybridized carbons (Fsp3) is 0.276. The number of hydrogen-bond acceptors (Lipinski definition) is 4. The monoisotopic (exact) mass is 531 g/mol. The summed E-state index contributed by atoms with van der Waals surface area (Å²) in [6.45, 7) is 2.54. The molecule has 4 heterocycles. The number of ketones is 1. The lowest BCUT2D eigenvalue weighted by molar-refractivity contribution is -0.128. The number of nitrogens with zero attached hydrogens (tertiary/aromatic N) is 1. The minimum absolute atomic E-state index is 0.199. The van der Waals surface area contributed by atoms with Gasteiger partial charge in [-0.3, -0.25) is 19.3 Å². The van der Waals surface area contributed by atoms with E-state index in [0.717, 1.165) is 23.1 Å². The van der Waals surface area contributed by atoms with Gasteiger partial charge in [-0.15, -0.1) is 0 Å². The van der Waals surface area contributed by atoms with Crippen LogP contribution in [0.4, 0.5) is 11.4 Å². The minimum Gasteiger partial charge on any atom is -0.325 e. The third kappa shape index (κ3) is 2.63. The number of rotatable bonds is 2. The topological polar surface area (TPSA) is 78.5 Å². The molecule has 4 aliphatic rings. The number of para-hydroxylation sites is 2. The van der Waals surface area contributed by atoms with Gasteiger partial charge in [0.15, 0.2) is 5.78 Å². The molecule has 0 saturated carbocycles. The Morgan fingerprint density at radius 1 is 0.973 bits per heavy atom. The molecule has 2 fully saturated rings. The van der Waals surface area contributed by atoms with Crippen LogP contribution in [-0.4, -0.2) is 35.1 Å².